The number of nitrogen functional groups attached to an aromatic ring is 1. The van der Waals surface area contributed by atoms with Gasteiger partial charge in [-0.15, -0.1) is 0 Å². The van der Waals surface area contributed by atoms with Crippen LogP contribution in [0.2, 0.25) is 10.0 Å². The Kier molecular flexibility index (Phi) is 7.48. The molecule has 1 atom stereocenters. The number of nitrogens with two attached hydrogens (primary N) is 1. The second-order valence-corrected chi connectivity index (χ2v) is 7.76. The number of anilines is 2. The number of hydrogen-bond acceptors (Lipinski definition) is 9. The van der Waals surface area contributed by atoms with Crippen LogP contribution >= 0.6 is 23.2 Å². The number of carbonyl (C=O) groups is 3. The number of nitrogens with one attached hydrogen (secondary N) is 3. The Bertz CT molecular complexity index is 1320. The molecule has 0 radical (unpaired) electrons. The predicted octanol–water partition coefficient (Wildman–Crippen LogP) is 1.26. The molecule has 2 heterocycles. The second kappa shape index (κ2) is 10.3. The van der Waals surface area contributed by atoms with Crippen LogP contribution in [0.25, 0.3) is 11.2 Å². The number of amides is 1. The normalized spacial score (nSPS) is 11.7. The highest BCUT2D eigenvalue weighted by Gasteiger charge is 2.23. The molecule has 0 saturated carbocycles. The molecule has 0 aliphatic carbocycles. The summed E-state index contributed by atoms with van der Waals surface area (Å²) in [7, 11) is 0. The summed E-state index contributed by atoms with van der Waals surface area (Å²) < 4.78 is 0. The minimum Gasteiger partial charge on any atom is -0.481 e. The molecule has 3 rings (SSSR count). The molecule has 13 nitrogen and oxygen atoms in total. The Morgan fingerprint density at radius 2 is 1.82 bits per heavy atom. The standard InChI is InChI=1S/C19H17Cl2N7O6/c20-9-3-7(16(31)26-11(18(33)34)1-2-12(29)30)4-10(21)13(9)23-5-8-6-24-15-14(25-8)17(32)28-19(22)27-15/h3-4,6,11,23H,1-2,5H2,(H,26,31)(H,29,30)(H,33,34)(H3,22,24,27,28,32)/t11-/m0/s1. The van der Waals surface area contributed by atoms with Gasteiger partial charge in [-0.2, -0.15) is 4.98 Å². The molecule has 0 bridgehead atoms. The van der Waals surface area contributed by atoms with Crippen LogP contribution in [0.5, 0.6) is 0 Å². The lowest BCUT2D eigenvalue weighted by atomic mass is 10.1. The molecule has 15 heteroatoms. The molecular weight excluding hydrogens is 493 g/mol. The van der Waals surface area contributed by atoms with E-state index in [1.54, 1.807) is 0 Å². The SMILES string of the molecule is Nc1nc2ncc(CNc3c(Cl)cc(C(=O)N[C@@H](CCC(=O)O)C(=O)O)cc3Cl)nc2c(=O)[nH]1. The number of aromatic nitrogens is 4. The molecule has 178 valence electrons. The van der Waals surface area contributed by atoms with Gasteiger partial charge >= 0.3 is 11.9 Å². The van der Waals surface area contributed by atoms with Gasteiger partial charge in [-0.3, -0.25) is 19.4 Å². The molecule has 7 N–H and O–H groups in total. The van der Waals surface area contributed by atoms with E-state index in [4.69, 9.17) is 34.0 Å². The van der Waals surface area contributed by atoms with Crippen molar-refractivity contribution in [1.29, 1.82) is 0 Å². The van der Waals surface area contributed by atoms with Gasteiger partial charge in [0.1, 0.15) is 6.04 Å². The fourth-order valence-corrected chi connectivity index (χ4v) is 3.50. The molecule has 3 aromatic rings. The number of rotatable bonds is 9. The number of carbonyl (C=O) groups excluding carboxylic acids is 1. The quantitative estimate of drug-likeness (QED) is 0.241. The fourth-order valence-electron chi connectivity index (χ4n) is 2.87. The number of hydrogen-bond donors (Lipinski definition) is 6. The lowest BCUT2D eigenvalue weighted by Crippen LogP contribution is -2.41. The van der Waals surface area contributed by atoms with Gasteiger partial charge in [-0.1, -0.05) is 23.2 Å². The number of H-pyrrole nitrogens is 1. The second-order valence-electron chi connectivity index (χ2n) is 6.95. The van der Waals surface area contributed by atoms with Crippen LogP contribution < -0.4 is 21.9 Å². The zero-order valence-electron chi connectivity index (χ0n) is 17.1. The number of nitrogens with zero attached hydrogens (tertiary/aromatic N) is 3. The third-order valence-electron chi connectivity index (χ3n) is 4.49. The molecule has 0 fully saturated rings. The van der Waals surface area contributed by atoms with Crippen LogP contribution in [0.3, 0.4) is 0 Å². The summed E-state index contributed by atoms with van der Waals surface area (Å²) in [5, 5.41) is 23.2. The zero-order chi connectivity index (χ0) is 25.0. The molecule has 0 spiro atoms. The summed E-state index contributed by atoms with van der Waals surface area (Å²) in [6.45, 7) is 0.0635. The lowest BCUT2D eigenvalue weighted by molar-refractivity contribution is -0.140. The van der Waals surface area contributed by atoms with Crippen LogP contribution in [0.4, 0.5) is 11.6 Å². The van der Waals surface area contributed by atoms with Crippen LogP contribution in [0.15, 0.2) is 23.1 Å². The molecule has 0 aliphatic heterocycles. The summed E-state index contributed by atoms with van der Waals surface area (Å²) in [6, 6.07) is 1.13. The number of fused-ring (bicyclic) bond motifs is 1. The smallest absolute Gasteiger partial charge is 0.326 e. The van der Waals surface area contributed by atoms with Gasteiger partial charge in [0.15, 0.2) is 11.2 Å². The first kappa shape index (κ1) is 24.7. The van der Waals surface area contributed by atoms with Gasteiger partial charge in [-0.05, 0) is 18.6 Å². The molecule has 1 amide bonds. The van der Waals surface area contributed by atoms with Crippen molar-refractivity contribution in [2.24, 2.45) is 0 Å². The van der Waals surface area contributed by atoms with Gasteiger partial charge < -0.3 is 26.6 Å². The van der Waals surface area contributed by atoms with E-state index >= 15 is 0 Å². The van der Waals surface area contributed by atoms with E-state index in [0.717, 1.165) is 0 Å². The van der Waals surface area contributed by atoms with E-state index in [0.29, 0.717) is 5.69 Å². The maximum atomic E-state index is 12.5. The van der Waals surface area contributed by atoms with Crippen molar-refractivity contribution in [2.75, 3.05) is 11.1 Å². The molecule has 34 heavy (non-hydrogen) atoms. The highest BCUT2D eigenvalue weighted by molar-refractivity contribution is 6.39. The van der Waals surface area contributed by atoms with Crippen molar-refractivity contribution < 1.29 is 24.6 Å². The van der Waals surface area contributed by atoms with E-state index in [-0.39, 0.29) is 51.4 Å². The van der Waals surface area contributed by atoms with Crippen LogP contribution in [0.1, 0.15) is 28.9 Å². The average Bonchev–Trinajstić information content (AvgIpc) is 2.75. The van der Waals surface area contributed by atoms with Crippen LogP contribution in [-0.4, -0.2) is 54.0 Å². The Labute approximate surface area is 200 Å². The molecular formula is C19H17Cl2N7O6. The summed E-state index contributed by atoms with van der Waals surface area (Å²) in [5.74, 6) is -3.45. The number of halogens is 2. The topological polar surface area (TPSA) is 213 Å². The Morgan fingerprint density at radius 3 is 2.44 bits per heavy atom. The molecule has 1 aromatic carbocycles. The van der Waals surface area contributed by atoms with Gasteiger partial charge in [0.05, 0.1) is 34.2 Å². The van der Waals surface area contributed by atoms with Crippen molar-refractivity contribution in [3.05, 3.63) is 50.0 Å². The Hall–Kier alpha value is -3.97. The Morgan fingerprint density at radius 1 is 1.15 bits per heavy atom. The highest BCUT2D eigenvalue weighted by Crippen LogP contribution is 2.32. The number of carboxylic acid groups (broad SMARTS) is 2. The van der Waals surface area contributed by atoms with E-state index in [2.05, 4.69) is 30.6 Å². The highest BCUT2D eigenvalue weighted by atomic mass is 35.5. The number of carboxylic acids is 2. The predicted molar refractivity (Wildman–Crippen MR) is 122 cm³/mol. The van der Waals surface area contributed by atoms with Gasteiger partial charge in [-0.25, -0.2) is 14.8 Å². The third-order valence-corrected chi connectivity index (χ3v) is 5.08. The first-order chi connectivity index (χ1) is 16.0. The van der Waals surface area contributed by atoms with Crippen LogP contribution in [0, 0.1) is 0 Å². The molecule has 0 aliphatic rings. The maximum Gasteiger partial charge on any atom is 0.326 e. The molecule has 0 unspecified atom stereocenters. The van der Waals surface area contributed by atoms with Crippen LogP contribution in [-0.2, 0) is 16.1 Å². The number of aliphatic carboxylic acids is 2. The van der Waals surface area contributed by atoms with E-state index in [1.165, 1.54) is 18.3 Å². The monoisotopic (exact) mass is 509 g/mol. The van der Waals surface area contributed by atoms with E-state index in [1.807, 2.05) is 0 Å². The van der Waals surface area contributed by atoms with E-state index < -0.39 is 35.9 Å². The third kappa shape index (κ3) is 5.88. The Balaban J connectivity index is 1.74. The number of benzene rings is 1. The summed E-state index contributed by atoms with van der Waals surface area (Å²) in [6.07, 6.45) is 0.651. The van der Waals surface area contributed by atoms with E-state index in [9.17, 15) is 24.3 Å². The van der Waals surface area contributed by atoms with Gasteiger partial charge in [0.25, 0.3) is 11.5 Å². The first-order valence-corrected chi connectivity index (χ1v) is 10.3. The average molecular weight is 510 g/mol. The van der Waals surface area contributed by atoms with Gasteiger partial charge in [0.2, 0.25) is 5.95 Å². The fraction of sp³-hybridized carbons (Fsp3) is 0.211. The van der Waals surface area contributed by atoms with Crippen molar-refractivity contribution in [3.63, 3.8) is 0 Å². The molecule has 2 aromatic heterocycles. The maximum absolute atomic E-state index is 12.5. The lowest BCUT2D eigenvalue weighted by Gasteiger charge is -2.15. The van der Waals surface area contributed by atoms with Crippen molar-refractivity contribution in [2.45, 2.75) is 25.4 Å². The first-order valence-electron chi connectivity index (χ1n) is 9.55. The molecule has 0 saturated heterocycles. The number of aromatic amines is 1. The zero-order valence-corrected chi connectivity index (χ0v) is 18.6. The summed E-state index contributed by atoms with van der Waals surface area (Å²) in [5.41, 5.74) is 5.60. The summed E-state index contributed by atoms with van der Waals surface area (Å²) in [4.78, 5) is 60.9. The summed E-state index contributed by atoms with van der Waals surface area (Å²) >= 11 is 12.5. The van der Waals surface area contributed by atoms with Gasteiger partial charge in [0, 0.05) is 12.0 Å². The largest absolute Gasteiger partial charge is 0.481 e. The van der Waals surface area contributed by atoms with Crippen molar-refractivity contribution >= 4 is 63.8 Å². The van der Waals surface area contributed by atoms with Crippen molar-refractivity contribution in [1.82, 2.24) is 25.3 Å². The minimum absolute atomic E-state index is 0.00593. The minimum atomic E-state index is -1.40. The van der Waals surface area contributed by atoms with Crippen molar-refractivity contribution in [3.8, 4) is 0 Å².